The van der Waals surface area contributed by atoms with E-state index in [1.54, 1.807) is 39.2 Å². The number of esters is 1. The van der Waals surface area contributed by atoms with E-state index in [1.165, 1.54) is 11.8 Å². The van der Waals surface area contributed by atoms with Crippen LogP contribution in [0.15, 0.2) is 34.6 Å². The molecule has 2 heterocycles. The van der Waals surface area contributed by atoms with E-state index in [1.807, 2.05) is 0 Å². The van der Waals surface area contributed by atoms with Crippen molar-refractivity contribution < 1.29 is 19.1 Å². The SMILES string of the molecule is CCOC(=O)C1=C(CSc2n[nH]c(-c3cc(Cl)ccc3OC)n2)NC(=O)NC1C. The van der Waals surface area contributed by atoms with Gasteiger partial charge in [0.15, 0.2) is 5.82 Å². The van der Waals surface area contributed by atoms with E-state index in [2.05, 4.69) is 25.8 Å². The van der Waals surface area contributed by atoms with Crippen LogP contribution >= 0.6 is 23.4 Å². The van der Waals surface area contributed by atoms with Gasteiger partial charge in [-0.05, 0) is 32.0 Å². The van der Waals surface area contributed by atoms with E-state index in [9.17, 15) is 9.59 Å². The third-order valence-electron chi connectivity index (χ3n) is 4.09. The number of aromatic nitrogens is 3. The molecule has 1 unspecified atom stereocenters. The minimum absolute atomic E-state index is 0.245. The maximum Gasteiger partial charge on any atom is 0.337 e. The predicted molar refractivity (Wildman–Crippen MR) is 109 cm³/mol. The number of aromatic amines is 1. The number of halogens is 1. The Bertz CT molecular complexity index is 961. The van der Waals surface area contributed by atoms with E-state index >= 15 is 0 Å². The fraction of sp³-hybridized carbons (Fsp3) is 0.333. The number of benzene rings is 1. The molecule has 0 aliphatic carbocycles. The van der Waals surface area contributed by atoms with Gasteiger partial charge in [0.05, 0.1) is 30.9 Å². The average molecular weight is 438 g/mol. The van der Waals surface area contributed by atoms with Crippen LogP contribution in [0.3, 0.4) is 0 Å². The molecule has 2 amide bonds. The average Bonchev–Trinajstić information content (AvgIpc) is 3.15. The highest BCUT2D eigenvalue weighted by atomic mass is 35.5. The first kappa shape index (κ1) is 21.0. The first-order chi connectivity index (χ1) is 13.9. The summed E-state index contributed by atoms with van der Waals surface area (Å²) in [5.41, 5.74) is 1.53. The van der Waals surface area contributed by atoms with Gasteiger partial charge < -0.3 is 20.1 Å². The second-order valence-electron chi connectivity index (χ2n) is 6.03. The first-order valence-electron chi connectivity index (χ1n) is 8.79. The highest BCUT2D eigenvalue weighted by Crippen LogP contribution is 2.31. The highest BCUT2D eigenvalue weighted by molar-refractivity contribution is 7.99. The number of hydrogen-bond donors (Lipinski definition) is 3. The zero-order chi connectivity index (χ0) is 21.0. The van der Waals surface area contributed by atoms with Crippen LogP contribution in [0.4, 0.5) is 4.79 Å². The molecule has 11 heteroatoms. The molecule has 1 aliphatic rings. The molecule has 3 N–H and O–H groups in total. The normalized spacial score (nSPS) is 16.3. The number of nitrogens with one attached hydrogen (secondary N) is 3. The molecule has 1 aliphatic heterocycles. The van der Waals surface area contributed by atoms with Gasteiger partial charge >= 0.3 is 12.0 Å². The number of carbonyl (C=O) groups excluding carboxylic acids is 2. The van der Waals surface area contributed by atoms with Crippen LogP contribution in [0.1, 0.15) is 13.8 Å². The minimum Gasteiger partial charge on any atom is -0.496 e. The number of thioether (sulfide) groups is 1. The number of urea groups is 1. The Kier molecular flexibility index (Phi) is 6.65. The summed E-state index contributed by atoms with van der Waals surface area (Å²) in [4.78, 5) is 28.6. The number of ether oxygens (including phenoxy) is 2. The molecule has 0 radical (unpaired) electrons. The van der Waals surface area contributed by atoms with Crippen molar-refractivity contribution in [1.29, 1.82) is 0 Å². The maximum absolute atomic E-state index is 12.3. The highest BCUT2D eigenvalue weighted by Gasteiger charge is 2.29. The van der Waals surface area contributed by atoms with Crippen molar-refractivity contribution in [1.82, 2.24) is 25.8 Å². The van der Waals surface area contributed by atoms with Crippen molar-refractivity contribution >= 4 is 35.4 Å². The van der Waals surface area contributed by atoms with Crippen LogP contribution in [-0.2, 0) is 9.53 Å². The van der Waals surface area contributed by atoms with Gasteiger partial charge in [-0.1, -0.05) is 23.4 Å². The Morgan fingerprint density at radius 3 is 2.90 bits per heavy atom. The number of carbonyl (C=O) groups is 2. The molecular weight excluding hydrogens is 418 g/mol. The summed E-state index contributed by atoms with van der Waals surface area (Å²) in [6.07, 6.45) is 0. The molecule has 1 atom stereocenters. The standard InChI is InChI=1S/C18H20ClN5O4S/c1-4-28-16(25)14-9(2)20-17(26)21-12(14)8-29-18-22-15(23-24-18)11-7-10(19)5-6-13(11)27-3/h5-7,9H,4,8H2,1-3H3,(H2,20,21,26)(H,22,23,24). The predicted octanol–water partition coefficient (Wildman–Crippen LogP) is 2.74. The summed E-state index contributed by atoms with van der Waals surface area (Å²) in [5.74, 6) is 0.918. The summed E-state index contributed by atoms with van der Waals surface area (Å²) in [6.45, 7) is 3.70. The zero-order valence-corrected chi connectivity index (χ0v) is 17.6. The fourth-order valence-electron chi connectivity index (χ4n) is 2.83. The van der Waals surface area contributed by atoms with Crippen molar-refractivity contribution in [2.24, 2.45) is 0 Å². The maximum atomic E-state index is 12.3. The van der Waals surface area contributed by atoms with Crippen LogP contribution < -0.4 is 15.4 Å². The molecule has 29 heavy (non-hydrogen) atoms. The molecule has 3 rings (SSSR count). The van der Waals surface area contributed by atoms with Crippen molar-refractivity contribution in [3.05, 3.63) is 34.5 Å². The number of methoxy groups -OCH3 is 1. The van der Waals surface area contributed by atoms with Gasteiger partial charge in [0, 0.05) is 16.5 Å². The smallest absolute Gasteiger partial charge is 0.337 e. The van der Waals surface area contributed by atoms with Crippen molar-refractivity contribution in [3.8, 4) is 17.1 Å². The summed E-state index contributed by atoms with van der Waals surface area (Å²) in [6, 6.07) is 4.36. The van der Waals surface area contributed by atoms with Gasteiger partial charge in [0.1, 0.15) is 5.75 Å². The number of hydrogen-bond acceptors (Lipinski definition) is 7. The van der Waals surface area contributed by atoms with Crippen LogP contribution in [0.2, 0.25) is 5.02 Å². The lowest BCUT2D eigenvalue weighted by molar-refractivity contribution is -0.138. The summed E-state index contributed by atoms with van der Waals surface area (Å²) >= 11 is 7.34. The van der Waals surface area contributed by atoms with E-state index in [0.717, 1.165) is 0 Å². The van der Waals surface area contributed by atoms with E-state index in [-0.39, 0.29) is 18.4 Å². The number of H-pyrrole nitrogens is 1. The molecule has 154 valence electrons. The fourth-order valence-corrected chi connectivity index (χ4v) is 3.77. The second-order valence-corrected chi connectivity index (χ2v) is 7.41. The van der Waals surface area contributed by atoms with E-state index in [4.69, 9.17) is 21.1 Å². The molecule has 0 fully saturated rings. The molecule has 9 nitrogen and oxygen atoms in total. The lowest BCUT2D eigenvalue weighted by Crippen LogP contribution is -2.49. The van der Waals surface area contributed by atoms with Crippen LogP contribution in [0.5, 0.6) is 5.75 Å². The Labute approximate surface area is 176 Å². The molecule has 0 saturated heterocycles. The molecule has 0 saturated carbocycles. The Morgan fingerprint density at radius 2 is 2.17 bits per heavy atom. The van der Waals surface area contributed by atoms with Gasteiger partial charge in [-0.2, -0.15) is 0 Å². The van der Waals surface area contributed by atoms with E-state index < -0.39 is 12.0 Å². The zero-order valence-electron chi connectivity index (χ0n) is 16.0. The van der Waals surface area contributed by atoms with Crippen LogP contribution in [0.25, 0.3) is 11.4 Å². The number of rotatable bonds is 7. The van der Waals surface area contributed by atoms with Crippen LogP contribution in [0, 0.1) is 0 Å². The lowest BCUT2D eigenvalue weighted by Gasteiger charge is -2.26. The Balaban J connectivity index is 1.80. The van der Waals surface area contributed by atoms with E-state index in [0.29, 0.717) is 38.6 Å². The lowest BCUT2D eigenvalue weighted by atomic mass is 10.1. The molecule has 1 aromatic heterocycles. The quantitative estimate of drug-likeness (QED) is 0.450. The molecule has 0 spiro atoms. The van der Waals surface area contributed by atoms with Crippen LogP contribution in [-0.4, -0.2) is 52.7 Å². The number of amides is 2. The van der Waals surface area contributed by atoms with Gasteiger partial charge in [0.25, 0.3) is 0 Å². The summed E-state index contributed by atoms with van der Waals surface area (Å²) in [7, 11) is 1.56. The molecule has 2 aromatic rings. The third kappa shape index (κ3) is 4.83. The Morgan fingerprint density at radius 1 is 1.38 bits per heavy atom. The van der Waals surface area contributed by atoms with Gasteiger partial charge in [0.2, 0.25) is 5.16 Å². The van der Waals surface area contributed by atoms with Gasteiger partial charge in [-0.25, -0.2) is 14.6 Å². The van der Waals surface area contributed by atoms with Crippen molar-refractivity contribution in [2.75, 3.05) is 19.5 Å². The molecule has 1 aromatic carbocycles. The second kappa shape index (κ2) is 9.19. The Hall–Kier alpha value is -2.72. The minimum atomic E-state index is -0.470. The first-order valence-corrected chi connectivity index (χ1v) is 10.2. The molecule has 0 bridgehead atoms. The van der Waals surface area contributed by atoms with Gasteiger partial charge in [-0.3, -0.25) is 5.10 Å². The van der Waals surface area contributed by atoms with Crippen molar-refractivity contribution in [3.63, 3.8) is 0 Å². The monoisotopic (exact) mass is 437 g/mol. The largest absolute Gasteiger partial charge is 0.496 e. The third-order valence-corrected chi connectivity index (χ3v) is 5.20. The topological polar surface area (TPSA) is 118 Å². The van der Waals surface area contributed by atoms with Gasteiger partial charge in [-0.15, -0.1) is 5.10 Å². The number of nitrogens with zero attached hydrogens (tertiary/aromatic N) is 2. The summed E-state index contributed by atoms with van der Waals surface area (Å²) in [5, 5.41) is 13.4. The molecular formula is C18H20ClN5O4S. The van der Waals surface area contributed by atoms with Crippen molar-refractivity contribution in [2.45, 2.75) is 25.0 Å². The summed E-state index contributed by atoms with van der Waals surface area (Å²) < 4.78 is 10.4.